The van der Waals surface area contributed by atoms with Crippen molar-refractivity contribution in [1.82, 2.24) is 20.2 Å². The van der Waals surface area contributed by atoms with Crippen molar-refractivity contribution in [2.45, 2.75) is 0 Å². The first-order chi connectivity index (χ1) is 16.0. The van der Waals surface area contributed by atoms with Crippen LogP contribution in [0, 0.1) is 0 Å². The zero-order valence-corrected chi connectivity index (χ0v) is 18.3. The van der Waals surface area contributed by atoms with Gasteiger partial charge in [-0.15, -0.1) is 10.2 Å². The van der Waals surface area contributed by atoms with Crippen LogP contribution >= 0.6 is 23.2 Å². The molecule has 2 aromatic carbocycles. The Morgan fingerprint density at radius 1 is 0.788 bits per heavy atom. The summed E-state index contributed by atoms with van der Waals surface area (Å²) in [5, 5.41) is 16.3. The predicted octanol–water partition coefficient (Wildman–Crippen LogP) is 5.44. The maximum atomic E-state index is 12.5. The van der Waals surface area contributed by atoms with Gasteiger partial charge in [0.2, 0.25) is 5.95 Å². The molecule has 0 radical (unpaired) electrons. The molecule has 0 saturated heterocycles. The Morgan fingerprint density at radius 3 is 2.09 bits per heavy atom. The van der Waals surface area contributed by atoms with Gasteiger partial charge in [-0.25, -0.2) is 4.79 Å². The van der Waals surface area contributed by atoms with E-state index in [2.05, 4.69) is 36.1 Å². The number of nitrogens with zero attached hydrogens (tertiary/aromatic N) is 4. The monoisotopic (exact) mass is 479 g/mol. The average molecular weight is 480 g/mol. The van der Waals surface area contributed by atoms with Crippen LogP contribution < -0.4 is 16.0 Å². The molecule has 2 heterocycles. The molecule has 4 rings (SSSR count). The third-order valence-corrected chi connectivity index (χ3v) is 4.94. The third-order valence-electron chi connectivity index (χ3n) is 4.37. The van der Waals surface area contributed by atoms with Crippen molar-refractivity contribution >= 4 is 58.7 Å². The van der Waals surface area contributed by atoms with Gasteiger partial charge in [-0.05, 0) is 24.3 Å². The van der Waals surface area contributed by atoms with Crippen molar-refractivity contribution in [1.29, 1.82) is 0 Å². The maximum absolute atomic E-state index is 12.5. The molecule has 0 aliphatic carbocycles. The Bertz CT molecular complexity index is 1280. The van der Waals surface area contributed by atoms with Crippen molar-refractivity contribution < 1.29 is 9.59 Å². The van der Waals surface area contributed by atoms with E-state index >= 15 is 0 Å². The zero-order chi connectivity index (χ0) is 23.2. The molecule has 0 aliphatic rings. The predicted molar refractivity (Wildman–Crippen MR) is 127 cm³/mol. The molecule has 3 N–H and O–H groups in total. The number of hydrogen-bond donors (Lipinski definition) is 3. The van der Waals surface area contributed by atoms with Crippen LogP contribution in [-0.4, -0.2) is 32.5 Å². The van der Waals surface area contributed by atoms with Crippen molar-refractivity contribution in [2.75, 3.05) is 16.0 Å². The van der Waals surface area contributed by atoms with E-state index in [9.17, 15) is 9.59 Å². The SMILES string of the molecule is O=Cc1c(Cl)nc(Nc2ccccc2NC(=O)Nc2ccc(-c3ccccc3)nn2)nc1Cl. The largest absolute Gasteiger partial charge is 0.324 e. The number of aldehydes is 1. The second-order valence-electron chi connectivity index (χ2n) is 6.58. The van der Waals surface area contributed by atoms with Gasteiger partial charge in [-0.1, -0.05) is 65.7 Å². The van der Waals surface area contributed by atoms with E-state index in [1.807, 2.05) is 30.3 Å². The van der Waals surface area contributed by atoms with Crippen LogP contribution in [0.15, 0.2) is 66.7 Å². The molecule has 0 saturated carbocycles. The molecule has 0 spiro atoms. The smallest absolute Gasteiger partial charge is 0.322 e. The zero-order valence-electron chi connectivity index (χ0n) is 16.8. The lowest BCUT2D eigenvalue weighted by Gasteiger charge is -2.13. The van der Waals surface area contributed by atoms with Crippen LogP contribution in [0.2, 0.25) is 10.3 Å². The van der Waals surface area contributed by atoms with E-state index in [4.69, 9.17) is 23.2 Å². The molecule has 4 aromatic rings. The number of nitrogens with one attached hydrogen (secondary N) is 3. The van der Waals surface area contributed by atoms with Crippen LogP contribution in [0.3, 0.4) is 0 Å². The molecule has 11 heteroatoms. The van der Waals surface area contributed by atoms with Crippen LogP contribution in [0.5, 0.6) is 0 Å². The maximum Gasteiger partial charge on any atom is 0.324 e. The van der Waals surface area contributed by atoms with Gasteiger partial charge in [0.05, 0.1) is 22.6 Å². The van der Waals surface area contributed by atoms with E-state index in [1.54, 1.807) is 36.4 Å². The number of benzene rings is 2. The molecule has 0 fully saturated rings. The number of carbonyl (C=O) groups is 2. The highest BCUT2D eigenvalue weighted by atomic mass is 35.5. The van der Waals surface area contributed by atoms with Crippen LogP contribution in [0.4, 0.5) is 27.9 Å². The summed E-state index contributed by atoms with van der Waals surface area (Å²) in [7, 11) is 0. The van der Waals surface area contributed by atoms with Crippen LogP contribution in [-0.2, 0) is 0 Å². The molecule has 0 atom stereocenters. The van der Waals surface area contributed by atoms with E-state index in [0.717, 1.165) is 5.56 Å². The summed E-state index contributed by atoms with van der Waals surface area (Å²) in [4.78, 5) is 31.5. The Hall–Kier alpha value is -4.08. The molecule has 2 amide bonds. The first kappa shape index (κ1) is 22.1. The van der Waals surface area contributed by atoms with Gasteiger partial charge in [-0.3, -0.25) is 10.1 Å². The summed E-state index contributed by atoms with van der Waals surface area (Å²) in [5.74, 6) is 0.344. The minimum absolute atomic E-state index is 0.00550. The molecular formula is C22H15Cl2N7O2. The van der Waals surface area contributed by atoms with Crippen molar-refractivity contribution in [3.63, 3.8) is 0 Å². The summed E-state index contributed by atoms with van der Waals surface area (Å²) >= 11 is 11.9. The highest BCUT2D eigenvalue weighted by molar-refractivity contribution is 6.37. The molecule has 0 unspecified atom stereocenters. The number of halogens is 2. The van der Waals surface area contributed by atoms with Gasteiger partial charge >= 0.3 is 6.03 Å². The average Bonchev–Trinajstić information content (AvgIpc) is 2.81. The van der Waals surface area contributed by atoms with Gasteiger partial charge in [0.25, 0.3) is 0 Å². The summed E-state index contributed by atoms with van der Waals surface area (Å²) in [6, 6.07) is 19.3. The molecular weight excluding hydrogens is 465 g/mol. The van der Waals surface area contributed by atoms with Crippen molar-refractivity contribution in [2.24, 2.45) is 0 Å². The van der Waals surface area contributed by atoms with Gasteiger partial charge in [0.15, 0.2) is 12.1 Å². The Morgan fingerprint density at radius 2 is 1.45 bits per heavy atom. The van der Waals surface area contributed by atoms with E-state index < -0.39 is 6.03 Å². The fourth-order valence-corrected chi connectivity index (χ4v) is 3.30. The quantitative estimate of drug-likeness (QED) is 0.248. The number of para-hydroxylation sites is 2. The summed E-state index contributed by atoms with van der Waals surface area (Å²) in [6.45, 7) is 0. The third kappa shape index (κ3) is 5.40. The van der Waals surface area contributed by atoms with Crippen molar-refractivity contribution in [3.05, 3.63) is 82.6 Å². The Kier molecular flexibility index (Phi) is 6.72. The minimum Gasteiger partial charge on any atom is -0.322 e. The molecule has 2 aromatic heterocycles. The number of urea groups is 1. The second kappa shape index (κ2) is 10.0. The lowest BCUT2D eigenvalue weighted by Crippen LogP contribution is -2.21. The normalized spacial score (nSPS) is 10.4. The Labute approximate surface area is 198 Å². The fourth-order valence-electron chi connectivity index (χ4n) is 2.82. The Balaban J connectivity index is 1.45. The summed E-state index contributed by atoms with van der Waals surface area (Å²) in [5.41, 5.74) is 2.51. The fraction of sp³-hybridized carbons (Fsp3) is 0. The topological polar surface area (TPSA) is 122 Å². The number of aromatic nitrogens is 4. The molecule has 164 valence electrons. The highest BCUT2D eigenvalue weighted by Gasteiger charge is 2.13. The summed E-state index contributed by atoms with van der Waals surface area (Å²) in [6.07, 6.45) is 0.476. The van der Waals surface area contributed by atoms with E-state index in [0.29, 0.717) is 23.4 Å². The number of hydrogen-bond acceptors (Lipinski definition) is 7. The van der Waals surface area contributed by atoms with Gasteiger partial charge in [-0.2, -0.15) is 9.97 Å². The van der Waals surface area contributed by atoms with Gasteiger partial charge in [0, 0.05) is 5.56 Å². The van der Waals surface area contributed by atoms with E-state index in [1.165, 1.54) is 0 Å². The molecule has 9 nitrogen and oxygen atoms in total. The molecule has 0 bridgehead atoms. The van der Waals surface area contributed by atoms with Crippen LogP contribution in [0.25, 0.3) is 11.3 Å². The molecule has 33 heavy (non-hydrogen) atoms. The minimum atomic E-state index is -0.528. The molecule has 0 aliphatic heterocycles. The first-order valence-electron chi connectivity index (χ1n) is 9.55. The highest BCUT2D eigenvalue weighted by Crippen LogP contribution is 2.27. The van der Waals surface area contributed by atoms with Gasteiger partial charge in [0.1, 0.15) is 10.3 Å². The number of carbonyl (C=O) groups excluding carboxylic acids is 2. The number of amides is 2. The van der Waals surface area contributed by atoms with Gasteiger partial charge < -0.3 is 10.6 Å². The first-order valence-corrected chi connectivity index (χ1v) is 10.3. The lowest BCUT2D eigenvalue weighted by atomic mass is 10.1. The van der Waals surface area contributed by atoms with Crippen molar-refractivity contribution in [3.8, 4) is 11.3 Å². The van der Waals surface area contributed by atoms with E-state index in [-0.39, 0.29) is 27.6 Å². The second-order valence-corrected chi connectivity index (χ2v) is 7.30. The number of rotatable bonds is 6. The summed E-state index contributed by atoms with van der Waals surface area (Å²) < 4.78 is 0. The van der Waals surface area contributed by atoms with Crippen LogP contribution in [0.1, 0.15) is 10.4 Å². The standard InChI is InChI=1S/C22H15Cl2N7O2/c23-19-14(12-32)20(24)29-21(28-19)25-16-8-4-5-9-17(16)26-22(33)27-18-11-10-15(30-31-18)13-6-2-1-3-7-13/h1-12H,(H,25,28,29)(H2,26,27,31,33). The number of anilines is 4. The lowest BCUT2D eigenvalue weighted by molar-refractivity contribution is 0.112.